The summed E-state index contributed by atoms with van der Waals surface area (Å²) in [6.07, 6.45) is 3.12. The number of aromatic nitrogens is 4. The van der Waals surface area contributed by atoms with Gasteiger partial charge in [-0.05, 0) is 42.5 Å². The average Bonchev–Trinajstić information content (AvgIpc) is 3.42. The molecule has 0 saturated carbocycles. The third-order valence-electron chi connectivity index (χ3n) is 5.12. The minimum atomic E-state index is -0.346. The zero-order valence-corrected chi connectivity index (χ0v) is 15.4. The lowest BCUT2D eigenvalue weighted by Crippen LogP contribution is -2.14. The lowest BCUT2D eigenvalue weighted by molar-refractivity contribution is 0.409. The summed E-state index contributed by atoms with van der Waals surface area (Å²) in [6.45, 7) is 0. The molecule has 146 valence electrons. The fourth-order valence-electron chi connectivity index (χ4n) is 3.78. The number of hydrogen-bond donors (Lipinski definition) is 1. The van der Waals surface area contributed by atoms with Gasteiger partial charge in [-0.1, -0.05) is 6.07 Å². The van der Waals surface area contributed by atoms with E-state index in [4.69, 9.17) is 14.1 Å². The minimum absolute atomic E-state index is 0.0950. The van der Waals surface area contributed by atoms with Crippen molar-refractivity contribution in [2.45, 2.75) is 5.92 Å². The van der Waals surface area contributed by atoms with Crippen LogP contribution in [0.15, 0.2) is 71.6 Å². The van der Waals surface area contributed by atoms with Crippen LogP contribution >= 0.6 is 0 Å². The third-order valence-corrected chi connectivity index (χ3v) is 5.12. The summed E-state index contributed by atoms with van der Waals surface area (Å²) in [5, 5.41) is 14.4. The Labute approximate surface area is 169 Å². The predicted octanol–water partition coefficient (Wildman–Crippen LogP) is 4.51. The molecule has 0 radical (unpaired) electrons. The first-order valence-electron chi connectivity index (χ1n) is 9.23. The van der Waals surface area contributed by atoms with E-state index in [1.807, 2.05) is 12.1 Å². The van der Waals surface area contributed by atoms with Crippen LogP contribution < -0.4 is 4.74 Å². The van der Waals surface area contributed by atoms with Crippen molar-refractivity contribution in [2.75, 3.05) is 0 Å². The molecule has 4 heterocycles. The maximum atomic E-state index is 13.3. The van der Waals surface area contributed by atoms with Crippen LogP contribution in [-0.4, -0.2) is 24.7 Å². The Kier molecular flexibility index (Phi) is 3.43. The largest absolute Gasteiger partial charge is 0.508 e. The Bertz CT molecular complexity index is 1390. The smallest absolute Gasteiger partial charge is 0.228 e. The van der Waals surface area contributed by atoms with Gasteiger partial charge in [-0.25, -0.2) is 18.9 Å². The molecule has 6 rings (SSSR count). The van der Waals surface area contributed by atoms with E-state index in [2.05, 4.69) is 10.1 Å². The van der Waals surface area contributed by atoms with E-state index in [1.54, 1.807) is 41.1 Å². The minimum Gasteiger partial charge on any atom is -0.508 e. The van der Waals surface area contributed by atoms with Crippen LogP contribution in [0.25, 0.3) is 17.0 Å². The third kappa shape index (κ3) is 2.47. The van der Waals surface area contributed by atoms with Gasteiger partial charge in [0.25, 0.3) is 0 Å². The summed E-state index contributed by atoms with van der Waals surface area (Å²) in [5.41, 5.74) is 2.76. The second-order valence-electron chi connectivity index (χ2n) is 6.95. The van der Waals surface area contributed by atoms with Crippen LogP contribution in [0.4, 0.5) is 4.39 Å². The molecule has 2 aromatic carbocycles. The van der Waals surface area contributed by atoms with Crippen molar-refractivity contribution in [3.8, 4) is 28.8 Å². The van der Waals surface area contributed by atoms with E-state index >= 15 is 0 Å². The number of aromatic hydroxyl groups is 1. The van der Waals surface area contributed by atoms with Crippen LogP contribution in [0.1, 0.15) is 22.8 Å². The molecule has 5 aromatic rings. The molecule has 1 atom stereocenters. The number of phenolic OH excluding ortho intramolecular Hbond substituents is 1. The molecular formula is C22H13FN4O3. The number of hydrogen-bond acceptors (Lipinski definition) is 6. The van der Waals surface area contributed by atoms with E-state index in [-0.39, 0.29) is 17.5 Å². The standard InChI is InChI=1S/C22H13FN4O3/c23-13-5-3-12(4-6-13)20-25-21-19-18(16-2-1-9-29-16)15-8-7-14(28)10-17(15)30-22(19)24-11-27(21)26-20/h1-11,18,28H. The van der Waals surface area contributed by atoms with Crippen molar-refractivity contribution < 1.29 is 18.7 Å². The van der Waals surface area contributed by atoms with Crippen molar-refractivity contribution in [2.24, 2.45) is 0 Å². The van der Waals surface area contributed by atoms with E-state index < -0.39 is 0 Å². The normalized spacial score (nSPS) is 14.9. The molecule has 0 aliphatic carbocycles. The lowest BCUT2D eigenvalue weighted by Gasteiger charge is -2.26. The van der Waals surface area contributed by atoms with Crippen LogP contribution in [0.5, 0.6) is 17.4 Å². The summed E-state index contributed by atoms with van der Waals surface area (Å²) in [5.74, 6) is 1.41. The van der Waals surface area contributed by atoms with Gasteiger partial charge >= 0.3 is 0 Å². The molecule has 1 aliphatic heterocycles. The quantitative estimate of drug-likeness (QED) is 0.460. The van der Waals surface area contributed by atoms with E-state index in [0.717, 1.165) is 5.56 Å². The molecule has 0 amide bonds. The maximum absolute atomic E-state index is 13.3. The zero-order chi connectivity index (χ0) is 20.2. The van der Waals surface area contributed by atoms with Crippen molar-refractivity contribution >= 4 is 5.65 Å². The number of nitrogens with zero attached hydrogens (tertiary/aromatic N) is 4. The highest BCUT2D eigenvalue weighted by Crippen LogP contribution is 2.48. The Morgan fingerprint density at radius 2 is 1.93 bits per heavy atom. The fourth-order valence-corrected chi connectivity index (χ4v) is 3.78. The fraction of sp³-hybridized carbons (Fsp3) is 0.0455. The molecule has 0 saturated heterocycles. The second-order valence-corrected chi connectivity index (χ2v) is 6.95. The van der Waals surface area contributed by atoms with Gasteiger partial charge in [0.1, 0.15) is 29.4 Å². The van der Waals surface area contributed by atoms with Crippen molar-refractivity contribution in [3.05, 3.63) is 89.9 Å². The Morgan fingerprint density at radius 1 is 1.07 bits per heavy atom. The topological polar surface area (TPSA) is 85.7 Å². The molecule has 1 N–H and O–H groups in total. The summed E-state index contributed by atoms with van der Waals surface area (Å²) in [4.78, 5) is 9.11. The molecular weight excluding hydrogens is 387 g/mol. The van der Waals surface area contributed by atoms with Gasteiger partial charge in [-0.3, -0.25) is 0 Å². The highest BCUT2D eigenvalue weighted by Gasteiger charge is 2.35. The second kappa shape index (κ2) is 6.15. The first-order valence-corrected chi connectivity index (χ1v) is 9.23. The molecule has 1 aliphatic rings. The monoisotopic (exact) mass is 400 g/mol. The van der Waals surface area contributed by atoms with E-state index in [0.29, 0.717) is 40.0 Å². The van der Waals surface area contributed by atoms with Crippen LogP contribution in [0, 0.1) is 5.82 Å². The molecule has 1 unspecified atom stereocenters. The van der Waals surface area contributed by atoms with Gasteiger partial charge < -0.3 is 14.3 Å². The number of phenols is 1. The summed E-state index contributed by atoms with van der Waals surface area (Å²) < 4.78 is 26.6. The lowest BCUT2D eigenvalue weighted by atomic mass is 9.87. The molecule has 3 aromatic heterocycles. The number of halogens is 1. The van der Waals surface area contributed by atoms with Gasteiger partial charge in [0.15, 0.2) is 11.5 Å². The number of rotatable bonds is 2. The van der Waals surface area contributed by atoms with Crippen molar-refractivity contribution in [1.82, 2.24) is 19.6 Å². The van der Waals surface area contributed by atoms with Gasteiger partial charge in [-0.15, -0.1) is 5.10 Å². The van der Waals surface area contributed by atoms with E-state index in [1.165, 1.54) is 18.5 Å². The van der Waals surface area contributed by atoms with Crippen molar-refractivity contribution in [1.29, 1.82) is 0 Å². The van der Waals surface area contributed by atoms with Crippen LogP contribution in [0.3, 0.4) is 0 Å². The number of fused-ring (bicyclic) bond motifs is 4. The SMILES string of the molecule is Oc1ccc2c(c1)Oc1ncn3nc(-c4ccc(F)cc4)nc3c1C2c1ccco1. The van der Waals surface area contributed by atoms with Gasteiger partial charge in [0.2, 0.25) is 5.88 Å². The average molecular weight is 400 g/mol. The van der Waals surface area contributed by atoms with Gasteiger partial charge in [0.05, 0.1) is 17.7 Å². The highest BCUT2D eigenvalue weighted by molar-refractivity contribution is 5.68. The van der Waals surface area contributed by atoms with Crippen molar-refractivity contribution in [3.63, 3.8) is 0 Å². The first kappa shape index (κ1) is 16.7. The van der Waals surface area contributed by atoms with Gasteiger partial charge in [0, 0.05) is 17.2 Å². The predicted molar refractivity (Wildman–Crippen MR) is 104 cm³/mol. The number of ether oxygens (including phenoxy) is 1. The summed E-state index contributed by atoms with van der Waals surface area (Å²) in [7, 11) is 0. The highest BCUT2D eigenvalue weighted by atomic mass is 19.1. The maximum Gasteiger partial charge on any atom is 0.228 e. The van der Waals surface area contributed by atoms with Crippen LogP contribution in [0.2, 0.25) is 0 Å². The molecule has 0 spiro atoms. The van der Waals surface area contributed by atoms with E-state index in [9.17, 15) is 9.50 Å². The number of furan rings is 1. The van der Waals surface area contributed by atoms with Crippen LogP contribution in [-0.2, 0) is 0 Å². The Morgan fingerprint density at radius 3 is 2.73 bits per heavy atom. The molecule has 0 bridgehead atoms. The summed E-state index contributed by atoms with van der Waals surface area (Å²) in [6, 6.07) is 14.6. The molecule has 7 nitrogen and oxygen atoms in total. The summed E-state index contributed by atoms with van der Waals surface area (Å²) >= 11 is 0. The molecule has 30 heavy (non-hydrogen) atoms. The number of benzene rings is 2. The zero-order valence-electron chi connectivity index (χ0n) is 15.4. The Hall–Kier alpha value is -4.20. The molecule has 8 heteroatoms. The Balaban J connectivity index is 1.60. The van der Waals surface area contributed by atoms with Gasteiger partial charge in [-0.2, -0.15) is 0 Å². The molecule has 0 fully saturated rings. The first-order chi connectivity index (χ1) is 14.7.